The molecule has 0 radical (unpaired) electrons. The molecule has 0 saturated carbocycles. The fourth-order valence-corrected chi connectivity index (χ4v) is 3.50. The molecule has 1 aliphatic heterocycles. The predicted molar refractivity (Wildman–Crippen MR) is 106 cm³/mol. The summed E-state index contributed by atoms with van der Waals surface area (Å²) in [6.07, 6.45) is 4.85. The Morgan fingerprint density at radius 2 is 1.89 bits per heavy atom. The molecule has 0 bridgehead atoms. The summed E-state index contributed by atoms with van der Waals surface area (Å²) in [6, 6.07) is 4.05. The average Bonchev–Trinajstić information content (AvgIpc) is 2.67. The zero-order valence-electron chi connectivity index (χ0n) is 15.6. The van der Waals surface area contributed by atoms with Crippen molar-refractivity contribution in [2.75, 3.05) is 31.1 Å². The second-order valence-corrected chi connectivity index (χ2v) is 7.18. The number of amides is 1. The Balaban J connectivity index is 1.75. The molecule has 0 spiro atoms. The van der Waals surface area contributed by atoms with Gasteiger partial charge in [0.1, 0.15) is 12.1 Å². The molecule has 0 atom stereocenters. The highest BCUT2D eigenvalue weighted by atomic mass is 35.5. The zero-order chi connectivity index (χ0) is 19.4. The highest BCUT2D eigenvalue weighted by molar-refractivity contribution is 6.33. The van der Waals surface area contributed by atoms with Crippen molar-refractivity contribution < 1.29 is 9.59 Å². The number of halogens is 1. The number of carbonyl (C=O) groups is 2. The smallest absolute Gasteiger partial charge is 0.223 e. The van der Waals surface area contributed by atoms with Gasteiger partial charge in [-0.15, -0.1) is 0 Å². The summed E-state index contributed by atoms with van der Waals surface area (Å²) in [5, 5.41) is 0.570. The largest absolute Gasteiger partial charge is 0.353 e. The fourth-order valence-electron chi connectivity index (χ4n) is 3.30. The average molecular weight is 387 g/mol. The van der Waals surface area contributed by atoms with Crippen LogP contribution in [0.15, 0.2) is 24.5 Å². The van der Waals surface area contributed by atoms with Crippen LogP contribution in [0.2, 0.25) is 5.02 Å². The molecule has 0 N–H and O–H groups in total. The van der Waals surface area contributed by atoms with Crippen molar-refractivity contribution in [3.8, 4) is 11.3 Å². The Bertz CT molecular complexity index is 848. The number of aromatic nitrogens is 2. The highest BCUT2D eigenvalue weighted by Crippen LogP contribution is 2.31. The van der Waals surface area contributed by atoms with E-state index in [4.69, 9.17) is 11.6 Å². The molecule has 0 aromatic carbocycles. The lowest BCUT2D eigenvalue weighted by Crippen LogP contribution is -2.49. The van der Waals surface area contributed by atoms with Gasteiger partial charge in [-0.05, 0) is 31.0 Å². The van der Waals surface area contributed by atoms with E-state index in [0.29, 0.717) is 31.2 Å². The van der Waals surface area contributed by atoms with Gasteiger partial charge in [-0.1, -0.05) is 17.7 Å². The van der Waals surface area contributed by atoms with Crippen LogP contribution in [-0.4, -0.2) is 53.2 Å². The van der Waals surface area contributed by atoms with Crippen LogP contribution in [-0.2, 0) is 9.59 Å². The molecule has 7 heteroatoms. The van der Waals surface area contributed by atoms with E-state index in [0.717, 1.165) is 34.5 Å². The standard InChI is InChI=1S/C20H23ClN4O2/c1-14-10-15(2)20(23-12-14)16-11-18(22-13-17(16)21)24-5-7-25(8-6-24)19(27)4-3-9-26/h9-13H,3-8H2,1-2H3. The summed E-state index contributed by atoms with van der Waals surface area (Å²) in [6.45, 7) is 6.68. The third-order valence-corrected chi connectivity index (χ3v) is 5.04. The Kier molecular flexibility index (Phi) is 6.06. The number of rotatable bonds is 5. The van der Waals surface area contributed by atoms with Crippen LogP contribution < -0.4 is 4.90 Å². The van der Waals surface area contributed by atoms with Gasteiger partial charge in [0.15, 0.2) is 0 Å². The van der Waals surface area contributed by atoms with E-state index >= 15 is 0 Å². The third-order valence-electron chi connectivity index (χ3n) is 4.74. The van der Waals surface area contributed by atoms with Crippen molar-refractivity contribution >= 4 is 29.6 Å². The van der Waals surface area contributed by atoms with Gasteiger partial charge in [0.25, 0.3) is 0 Å². The topological polar surface area (TPSA) is 66.4 Å². The van der Waals surface area contributed by atoms with Crippen molar-refractivity contribution in [2.45, 2.75) is 26.7 Å². The molecule has 27 heavy (non-hydrogen) atoms. The van der Waals surface area contributed by atoms with E-state index in [1.54, 1.807) is 6.20 Å². The minimum atomic E-state index is 0.0333. The maximum absolute atomic E-state index is 12.1. The number of carbonyl (C=O) groups excluding carboxylic acids is 2. The molecule has 1 saturated heterocycles. The number of nitrogens with zero attached hydrogens (tertiary/aromatic N) is 4. The van der Waals surface area contributed by atoms with Gasteiger partial charge in [0, 0.05) is 57.0 Å². The molecule has 142 valence electrons. The minimum absolute atomic E-state index is 0.0333. The van der Waals surface area contributed by atoms with Crippen molar-refractivity contribution in [2.24, 2.45) is 0 Å². The van der Waals surface area contributed by atoms with Gasteiger partial charge in [0.2, 0.25) is 5.91 Å². The summed E-state index contributed by atoms with van der Waals surface area (Å²) in [5.41, 5.74) is 3.90. The molecule has 3 heterocycles. The van der Waals surface area contributed by atoms with Crippen molar-refractivity contribution in [1.82, 2.24) is 14.9 Å². The van der Waals surface area contributed by atoms with Gasteiger partial charge in [0.05, 0.1) is 10.7 Å². The van der Waals surface area contributed by atoms with E-state index in [-0.39, 0.29) is 18.7 Å². The van der Waals surface area contributed by atoms with Crippen molar-refractivity contribution in [3.05, 3.63) is 40.7 Å². The first-order chi connectivity index (χ1) is 13.0. The number of pyridine rings is 2. The highest BCUT2D eigenvalue weighted by Gasteiger charge is 2.22. The molecule has 3 rings (SSSR count). The monoisotopic (exact) mass is 386 g/mol. The Morgan fingerprint density at radius 3 is 2.56 bits per heavy atom. The normalized spacial score (nSPS) is 14.3. The summed E-state index contributed by atoms with van der Waals surface area (Å²) >= 11 is 6.39. The van der Waals surface area contributed by atoms with Gasteiger partial charge < -0.3 is 14.6 Å². The van der Waals surface area contributed by atoms with E-state index in [1.165, 1.54) is 0 Å². The fraction of sp³-hybridized carbons (Fsp3) is 0.400. The van der Waals surface area contributed by atoms with Gasteiger partial charge in [-0.2, -0.15) is 0 Å². The minimum Gasteiger partial charge on any atom is -0.353 e. The molecule has 2 aromatic heterocycles. The van der Waals surface area contributed by atoms with Gasteiger partial charge in [-0.3, -0.25) is 9.78 Å². The molecule has 1 fully saturated rings. The van der Waals surface area contributed by atoms with Crippen LogP contribution in [0.1, 0.15) is 24.0 Å². The van der Waals surface area contributed by atoms with E-state index in [2.05, 4.69) is 20.9 Å². The first kappa shape index (κ1) is 19.3. The maximum atomic E-state index is 12.1. The van der Waals surface area contributed by atoms with E-state index < -0.39 is 0 Å². The van der Waals surface area contributed by atoms with Crippen LogP contribution in [0.25, 0.3) is 11.3 Å². The number of piperazine rings is 1. The Hall–Kier alpha value is -2.47. The zero-order valence-corrected chi connectivity index (χ0v) is 16.4. The van der Waals surface area contributed by atoms with Crippen LogP contribution in [0.4, 0.5) is 5.82 Å². The van der Waals surface area contributed by atoms with E-state index in [1.807, 2.05) is 31.0 Å². The summed E-state index contributed by atoms with van der Waals surface area (Å²) < 4.78 is 0. The van der Waals surface area contributed by atoms with Gasteiger partial charge in [-0.25, -0.2) is 4.98 Å². The molecule has 6 nitrogen and oxygen atoms in total. The second-order valence-electron chi connectivity index (χ2n) is 6.77. The quantitative estimate of drug-likeness (QED) is 0.739. The second kappa shape index (κ2) is 8.48. The third kappa shape index (κ3) is 4.45. The van der Waals surface area contributed by atoms with Crippen molar-refractivity contribution in [1.29, 1.82) is 0 Å². The van der Waals surface area contributed by atoms with Crippen LogP contribution in [0.3, 0.4) is 0 Å². The van der Waals surface area contributed by atoms with Crippen molar-refractivity contribution in [3.63, 3.8) is 0 Å². The summed E-state index contributed by atoms with van der Waals surface area (Å²) in [7, 11) is 0. The van der Waals surface area contributed by atoms with Crippen LogP contribution in [0, 0.1) is 13.8 Å². The molecule has 1 amide bonds. The molecule has 0 aliphatic carbocycles. The predicted octanol–water partition coefficient (Wildman–Crippen LogP) is 3.04. The number of hydrogen-bond donors (Lipinski definition) is 0. The SMILES string of the molecule is Cc1cnc(-c2cc(N3CCN(C(=O)CCC=O)CC3)ncc2Cl)c(C)c1. The molecule has 2 aromatic rings. The van der Waals surface area contributed by atoms with Gasteiger partial charge >= 0.3 is 0 Å². The summed E-state index contributed by atoms with van der Waals surface area (Å²) in [4.78, 5) is 35.5. The first-order valence-corrected chi connectivity index (χ1v) is 9.43. The lowest BCUT2D eigenvalue weighted by Gasteiger charge is -2.35. The lowest BCUT2D eigenvalue weighted by molar-refractivity contribution is -0.132. The maximum Gasteiger partial charge on any atom is 0.223 e. The van der Waals surface area contributed by atoms with E-state index in [9.17, 15) is 9.59 Å². The first-order valence-electron chi connectivity index (χ1n) is 9.05. The lowest BCUT2D eigenvalue weighted by atomic mass is 10.1. The molecule has 1 aliphatic rings. The molecular weight excluding hydrogens is 364 g/mol. The number of anilines is 1. The number of hydrogen-bond acceptors (Lipinski definition) is 5. The molecular formula is C20H23ClN4O2. The Morgan fingerprint density at radius 1 is 1.15 bits per heavy atom. The summed E-state index contributed by atoms with van der Waals surface area (Å²) in [5.74, 6) is 0.863. The van der Waals surface area contributed by atoms with Crippen LogP contribution in [0.5, 0.6) is 0 Å². The van der Waals surface area contributed by atoms with Crippen LogP contribution >= 0.6 is 11.6 Å². The molecule has 0 unspecified atom stereocenters. The number of aryl methyl sites for hydroxylation is 2. The number of aldehydes is 1. The Labute approximate surface area is 164 Å².